The summed E-state index contributed by atoms with van der Waals surface area (Å²) in [7, 11) is -8.71. The van der Waals surface area contributed by atoms with E-state index in [4.69, 9.17) is 22.1 Å². The molecule has 0 heterocycles. The van der Waals surface area contributed by atoms with Gasteiger partial charge in [0.05, 0.1) is 47.4 Å². The van der Waals surface area contributed by atoms with Gasteiger partial charge in [-0.15, -0.1) is 10.2 Å². The molecule has 0 aliphatic carbocycles. The van der Waals surface area contributed by atoms with E-state index in [1.54, 1.807) is 66.7 Å². The average molecular weight is 915 g/mol. The highest BCUT2D eigenvalue weighted by Crippen LogP contribution is 2.40. The van der Waals surface area contributed by atoms with E-state index in [1.807, 2.05) is 50.2 Å². The zero-order valence-corrected chi connectivity index (χ0v) is 36.6. The minimum absolute atomic E-state index is 0.0225. The molecular weight excluding hydrogens is 873 g/mol. The van der Waals surface area contributed by atoms with Gasteiger partial charge in [-0.3, -0.25) is 9.11 Å². The lowest BCUT2D eigenvalue weighted by molar-refractivity contribution is 0.317. The first kappa shape index (κ1) is 45.7. The molecule has 0 atom stereocenters. The number of phenolic OH excluding ortho intramolecular Hbond substituents is 1. The summed E-state index contributed by atoms with van der Waals surface area (Å²) >= 11 is 0. The summed E-state index contributed by atoms with van der Waals surface area (Å²) in [5.41, 5.74) is 10.6. The summed E-state index contributed by atoms with van der Waals surface area (Å²) in [6.07, 6.45) is 0.417. The number of nitrogens with two attached hydrogens (primary N) is 1. The van der Waals surface area contributed by atoms with Crippen LogP contribution in [0.1, 0.15) is 24.0 Å². The molecule has 7 aromatic rings. The highest BCUT2D eigenvalue weighted by Gasteiger charge is 2.16. The number of nitrogens with one attached hydrogen (secondary N) is 1. The van der Waals surface area contributed by atoms with E-state index in [2.05, 4.69) is 36.0 Å². The van der Waals surface area contributed by atoms with Crippen LogP contribution in [-0.2, 0) is 20.2 Å². The van der Waals surface area contributed by atoms with Crippen molar-refractivity contribution in [1.82, 2.24) is 0 Å². The van der Waals surface area contributed by atoms with Gasteiger partial charge in [-0.05, 0) is 147 Å². The van der Waals surface area contributed by atoms with Gasteiger partial charge in [0.1, 0.15) is 27.8 Å². The van der Waals surface area contributed by atoms with Crippen LogP contribution in [0, 0.1) is 20.8 Å². The van der Waals surface area contributed by atoms with Gasteiger partial charge in [-0.2, -0.15) is 37.3 Å². The average Bonchev–Trinajstić information content (AvgIpc) is 3.26. The van der Waals surface area contributed by atoms with Crippen LogP contribution >= 0.6 is 0 Å². The van der Waals surface area contributed by atoms with Crippen molar-refractivity contribution in [2.75, 3.05) is 30.0 Å². The lowest BCUT2D eigenvalue weighted by atomic mass is 10.1. The second-order valence-electron chi connectivity index (χ2n) is 14.7. The Morgan fingerprint density at radius 2 is 1.25 bits per heavy atom. The van der Waals surface area contributed by atoms with E-state index >= 15 is 0 Å². The van der Waals surface area contributed by atoms with Gasteiger partial charge >= 0.3 is 0 Å². The maximum absolute atomic E-state index is 11.7. The Balaban J connectivity index is 1.07. The summed E-state index contributed by atoms with van der Waals surface area (Å²) in [5.74, 6) is 0.406. The van der Waals surface area contributed by atoms with Crippen molar-refractivity contribution in [2.24, 2.45) is 30.7 Å². The van der Waals surface area contributed by atoms with Gasteiger partial charge in [-0.25, -0.2) is 0 Å². The summed E-state index contributed by atoms with van der Waals surface area (Å²) < 4.78 is 76.5. The van der Waals surface area contributed by atoms with E-state index in [0.717, 1.165) is 16.5 Å². The zero-order valence-electron chi connectivity index (χ0n) is 35.0. The lowest BCUT2D eigenvalue weighted by Gasteiger charge is -2.11. The second kappa shape index (κ2) is 19.6. The predicted octanol–water partition coefficient (Wildman–Crippen LogP) is 12.3. The van der Waals surface area contributed by atoms with E-state index in [1.165, 1.54) is 12.1 Å². The Morgan fingerprint density at radius 1 is 0.615 bits per heavy atom. The quantitative estimate of drug-likeness (QED) is 0.0248. The summed E-state index contributed by atoms with van der Waals surface area (Å²) in [6.45, 7) is 9.61. The maximum atomic E-state index is 11.7. The molecule has 19 heteroatoms. The number of hydrogen-bond acceptors (Lipinski definition) is 15. The summed E-state index contributed by atoms with van der Waals surface area (Å²) in [5, 5.41) is 43.6. The molecule has 0 aliphatic rings. The minimum atomic E-state index is -4.52. The van der Waals surface area contributed by atoms with E-state index in [0.29, 0.717) is 74.7 Å². The van der Waals surface area contributed by atoms with Gasteiger partial charge < -0.3 is 25.6 Å². The largest absolute Gasteiger partial charge is 0.505 e. The summed E-state index contributed by atoms with van der Waals surface area (Å²) in [4.78, 5) is -0.416. The number of hydrogen-bond donors (Lipinski definition) is 5. The molecule has 2 radical (unpaired) electrons. The number of nitrogens with zero attached hydrogens (tertiary/aromatic N) is 6. The SMILES string of the molecule is [CH]CCOc1cccc2cc(N=Nc3cc(OCCCS(=O)(=O)O)c(N=Nc4ccc(N=Nc5ccc6cc(Nc7ccc(N)c(S(=O)(=O)O)c7)ccc6c5O)cc4C)cc3C)ccc12. The number of fused-ring (bicyclic) bond motifs is 2. The Hall–Kier alpha value is -7.32. The number of rotatable bonds is 17. The smallest absolute Gasteiger partial charge is 0.296 e. The van der Waals surface area contributed by atoms with Crippen molar-refractivity contribution >= 4 is 93.0 Å². The molecule has 7 rings (SSSR count). The van der Waals surface area contributed by atoms with Crippen molar-refractivity contribution in [3.8, 4) is 17.2 Å². The molecule has 65 heavy (non-hydrogen) atoms. The van der Waals surface area contributed by atoms with Crippen LogP contribution in [0.2, 0.25) is 0 Å². The number of aryl methyl sites for hydroxylation is 2. The first-order valence-electron chi connectivity index (χ1n) is 19.9. The molecule has 0 spiro atoms. The normalized spacial score (nSPS) is 12.3. The molecule has 7 aromatic carbocycles. The van der Waals surface area contributed by atoms with Crippen LogP contribution in [0.15, 0.2) is 151 Å². The Kier molecular flexibility index (Phi) is 13.8. The number of ether oxygens (including phenoxy) is 2. The van der Waals surface area contributed by atoms with Gasteiger partial charge in [0.25, 0.3) is 20.2 Å². The predicted molar refractivity (Wildman–Crippen MR) is 249 cm³/mol. The first-order chi connectivity index (χ1) is 31.0. The standard InChI is InChI=1S/C46H42N8O9S2/c1-4-19-62-43-8-5-7-30-25-35(11-14-36(30)43)50-53-41-27-44(63-20-6-21-64(56,57)58)42(23-29(41)3)54-51-39-18-13-34(22-28(39)2)49-52-40-17-9-31-24-32(10-15-37(31)46(40)55)48-33-12-16-38(47)45(26-33)65(59,60)61/h1,5,7-18,22-27,48,55H,4,6,19-21,47H2,2-3H3,(H,56,57,58)(H,59,60,61). The van der Waals surface area contributed by atoms with Crippen molar-refractivity contribution in [3.63, 3.8) is 0 Å². The highest BCUT2D eigenvalue weighted by atomic mass is 32.2. The van der Waals surface area contributed by atoms with Crippen molar-refractivity contribution in [1.29, 1.82) is 0 Å². The molecule has 0 saturated heterocycles. The molecule has 0 aliphatic heterocycles. The third kappa shape index (κ3) is 11.6. The van der Waals surface area contributed by atoms with Crippen LogP contribution in [0.25, 0.3) is 21.5 Å². The molecule has 6 N–H and O–H groups in total. The number of azo groups is 3. The summed E-state index contributed by atoms with van der Waals surface area (Å²) in [6, 6.07) is 32.5. The third-order valence-corrected chi connectivity index (χ3v) is 11.5. The zero-order chi connectivity index (χ0) is 46.3. The fraction of sp³-hybridized carbons (Fsp3) is 0.152. The molecule has 0 saturated carbocycles. The highest BCUT2D eigenvalue weighted by molar-refractivity contribution is 7.86. The monoisotopic (exact) mass is 914 g/mol. The van der Waals surface area contributed by atoms with Gasteiger partial charge in [0.2, 0.25) is 0 Å². The van der Waals surface area contributed by atoms with Crippen molar-refractivity contribution < 1.29 is 40.5 Å². The van der Waals surface area contributed by atoms with Gasteiger partial charge in [0, 0.05) is 28.2 Å². The van der Waals surface area contributed by atoms with Crippen LogP contribution in [0.3, 0.4) is 0 Å². The fourth-order valence-corrected chi connectivity index (χ4v) is 7.72. The molecule has 17 nitrogen and oxygen atoms in total. The van der Waals surface area contributed by atoms with E-state index in [9.17, 15) is 31.0 Å². The Bertz CT molecular complexity index is 3250. The number of aromatic hydroxyl groups is 1. The molecule has 332 valence electrons. The fourth-order valence-electron chi connectivity index (χ4n) is 6.59. The Labute approximate surface area is 374 Å². The molecular formula is C46H42N8O9S2. The third-order valence-electron chi connectivity index (χ3n) is 9.82. The van der Waals surface area contributed by atoms with Crippen LogP contribution in [-0.4, -0.2) is 50.0 Å². The van der Waals surface area contributed by atoms with Gasteiger partial charge in [0.15, 0.2) is 5.75 Å². The Morgan fingerprint density at radius 3 is 2.00 bits per heavy atom. The number of anilines is 3. The first-order valence-corrected chi connectivity index (χ1v) is 22.9. The van der Waals surface area contributed by atoms with Gasteiger partial charge in [-0.1, -0.05) is 18.2 Å². The van der Waals surface area contributed by atoms with E-state index < -0.39 is 30.9 Å². The topological polar surface area (TPSA) is 260 Å². The number of benzene rings is 7. The molecule has 0 unspecified atom stereocenters. The maximum Gasteiger partial charge on any atom is 0.296 e. The second-order valence-corrected chi connectivity index (χ2v) is 17.6. The van der Waals surface area contributed by atoms with Crippen LogP contribution in [0.5, 0.6) is 17.2 Å². The number of phenols is 1. The van der Waals surface area contributed by atoms with Crippen molar-refractivity contribution in [2.45, 2.75) is 31.6 Å². The number of nitrogen functional groups attached to an aromatic ring is 1. The lowest BCUT2D eigenvalue weighted by Crippen LogP contribution is -2.08. The van der Waals surface area contributed by atoms with Crippen LogP contribution < -0.4 is 20.5 Å². The van der Waals surface area contributed by atoms with E-state index in [-0.39, 0.29) is 35.9 Å². The minimum Gasteiger partial charge on any atom is -0.505 e. The molecule has 0 aromatic heterocycles. The molecule has 0 amide bonds. The van der Waals surface area contributed by atoms with Crippen LogP contribution in [0.4, 0.5) is 51.2 Å². The van der Waals surface area contributed by atoms with Crippen molar-refractivity contribution in [3.05, 3.63) is 133 Å². The molecule has 0 bridgehead atoms. The molecule has 0 fully saturated rings.